The molecule has 7 nitrogen and oxygen atoms in total. The van der Waals surface area contributed by atoms with E-state index < -0.39 is 0 Å². The van der Waals surface area contributed by atoms with Crippen LogP contribution in [0, 0.1) is 5.92 Å². The van der Waals surface area contributed by atoms with Gasteiger partial charge in [0.05, 0.1) is 13.2 Å². The average molecular weight is 508 g/mol. The lowest BCUT2D eigenvalue weighted by Crippen LogP contribution is -2.49. The first-order chi connectivity index (χ1) is 13.2. The first kappa shape index (κ1) is 24.1. The molecule has 0 amide bonds. The highest BCUT2D eigenvalue weighted by Crippen LogP contribution is 2.17. The highest BCUT2D eigenvalue weighted by molar-refractivity contribution is 14.0. The normalized spacial score (nSPS) is 26.9. The molecule has 0 aliphatic carbocycles. The minimum atomic E-state index is 0. The number of likely N-dealkylation sites (tertiary alicyclic amines) is 1. The molecule has 0 aromatic carbocycles. The van der Waals surface area contributed by atoms with Gasteiger partial charge in [-0.3, -0.25) is 9.89 Å². The molecule has 3 aliphatic rings. The number of hydrogen-bond acceptors (Lipinski definition) is 5. The van der Waals surface area contributed by atoms with Crippen molar-refractivity contribution >= 4 is 29.9 Å². The van der Waals surface area contributed by atoms with Gasteiger partial charge in [0.1, 0.15) is 0 Å². The lowest BCUT2D eigenvalue weighted by atomic mass is 10.1. The molecule has 3 aliphatic heterocycles. The average Bonchev–Trinajstić information content (AvgIpc) is 3.20. The van der Waals surface area contributed by atoms with Gasteiger partial charge in [-0.05, 0) is 18.9 Å². The van der Waals surface area contributed by atoms with Crippen LogP contribution < -0.4 is 5.32 Å². The van der Waals surface area contributed by atoms with Crippen LogP contribution in [0.4, 0.5) is 0 Å². The lowest BCUT2D eigenvalue weighted by molar-refractivity contribution is 0.0195. The molecule has 0 spiro atoms. The van der Waals surface area contributed by atoms with Crippen molar-refractivity contribution in [1.82, 2.24) is 24.9 Å². The molecule has 0 aromatic heterocycles. The molecule has 2 atom stereocenters. The fourth-order valence-corrected chi connectivity index (χ4v) is 4.57. The second-order valence-electron chi connectivity index (χ2n) is 8.31. The fraction of sp³-hybridized carbons (Fsp3) is 0.950. The van der Waals surface area contributed by atoms with Crippen LogP contribution in [0.5, 0.6) is 0 Å². The highest BCUT2D eigenvalue weighted by Gasteiger charge is 2.30. The van der Waals surface area contributed by atoms with Gasteiger partial charge in [0.25, 0.3) is 0 Å². The Kier molecular flexibility index (Phi) is 10.8. The molecule has 0 saturated carbocycles. The molecular formula is C20H41IN6O. The third-order valence-corrected chi connectivity index (χ3v) is 6.33. The summed E-state index contributed by atoms with van der Waals surface area (Å²) < 4.78 is 5.50. The van der Waals surface area contributed by atoms with E-state index in [9.17, 15) is 0 Å². The summed E-state index contributed by atoms with van der Waals surface area (Å²) in [7, 11) is 1.92. The molecule has 3 saturated heterocycles. The molecule has 1 N–H and O–H groups in total. The molecule has 0 radical (unpaired) electrons. The molecule has 0 bridgehead atoms. The van der Waals surface area contributed by atoms with Crippen LogP contribution in [0.25, 0.3) is 0 Å². The van der Waals surface area contributed by atoms with Crippen molar-refractivity contribution in [1.29, 1.82) is 0 Å². The van der Waals surface area contributed by atoms with E-state index in [0.29, 0.717) is 12.0 Å². The minimum absolute atomic E-state index is 0. The molecule has 3 rings (SSSR count). The van der Waals surface area contributed by atoms with E-state index in [2.05, 4.69) is 43.8 Å². The predicted octanol–water partition coefficient (Wildman–Crippen LogP) is 0.860. The van der Waals surface area contributed by atoms with Gasteiger partial charge in [-0.1, -0.05) is 13.8 Å². The fourth-order valence-electron chi connectivity index (χ4n) is 4.57. The Labute approximate surface area is 188 Å². The number of piperazine rings is 1. The topological polar surface area (TPSA) is 46.6 Å². The van der Waals surface area contributed by atoms with Crippen LogP contribution in [-0.4, -0.2) is 124 Å². The van der Waals surface area contributed by atoms with E-state index in [0.717, 1.165) is 51.9 Å². The van der Waals surface area contributed by atoms with Crippen molar-refractivity contribution < 1.29 is 4.74 Å². The van der Waals surface area contributed by atoms with Crippen molar-refractivity contribution in [2.45, 2.75) is 26.3 Å². The van der Waals surface area contributed by atoms with Crippen LogP contribution in [0.15, 0.2) is 4.99 Å². The zero-order valence-electron chi connectivity index (χ0n) is 18.1. The van der Waals surface area contributed by atoms with Crippen LogP contribution in [0.1, 0.15) is 20.3 Å². The van der Waals surface area contributed by atoms with Crippen LogP contribution in [0.3, 0.4) is 0 Å². The summed E-state index contributed by atoms with van der Waals surface area (Å²) in [6.45, 7) is 18.9. The van der Waals surface area contributed by atoms with Gasteiger partial charge >= 0.3 is 0 Å². The van der Waals surface area contributed by atoms with Crippen LogP contribution >= 0.6 is 24.0 Å². The standard InChI is InChI=1S/C20H40N6O.HI/c1-4-23-7-9-24(10-8-23)16-18(2)15-22-20(21-3)26-6-5-19(17-26)25-11-13-27-14-12-25;/h18-19H,4-17H2,1-3H3,(H,21,22);1H. The smallest absolute Gasteiger partial charge is 0.193 e. The van der Waals surface area contributed by atoms with Gasteiger partial charge in [0, 0.05) is 78.5 Å². The van der Waals surface area contributed by atoms with E-state index in [1.807, 2.05) is 7.05 Å². The third-order valence-electron chi connectivity index (χ3n) is 6.33. The number of nitrogens with zero attached hydrogens (tertiary/aromatic N) is 5. The molecule has 164 valence electrons. The van der Waals surface area contributed by atoms with Crippen molar-refractivity contribution in [3.63, 3.8) is 0 Å². The first-order valence-electron chi connectivity index (χ1n) is 10.9. The summed E-state index contributed by atoms with van der Waals surface area (Å²) in [6.07, 6.45) is 1.23. The Balaban J connectivity index is 0.00000280. The van der Waals surface area contributed by atoms with Gasteiger partial charge < -0.3 is 24.8 Å². The van der Waals surface area contributed by atoms with Gasteiger partial charge in [-0.2, -0.15) is 0 Å². The second kappa shape index (κ2) is 12.5. The molecule has 3 heterocycles. The van der Waals surface area contributed by atoms with Crippen molar-refractivity contribution in [2.24, 2.45) is 10.9 Å². The number of halogens is 1. The lowest BCUT2D eigenvalue weighted by Gasteiger charge is -2.35. The van der Waals surface area contributed by atoms with Crippen molar-refractivity contribution in [3.8, 4) is 0 Å². The first-order valence-corrected chi connectivity index (χ1v) is 10.9. The maximum atomic E-state index is 5.50. The second-order valence-corrected chi connectivity index (χ2v) is 8.31. The van der Waals surface area contributed by atoms with Crippen LogP contribution in [0.2, 0.25) is 0 Å². The Morgan fingerprint density at radius 2 is 1.75 bits per heavy atom. The summed E-state index contributed by atoms with van der Waals surface area (Å²) >= 11 is 0. The number of morpholine rings is 1. The molecule has 3 fully saturated rings. The van der Waals surface area contributed by atoms with Crippen molar-refractivity contribution in [3.05, 3.63) is 0 Å². The summed E-state index contributed by atoms with van der Waals surface area (Å²) in [6, 6.07) is 0.653. The molecule has 28 heavy (non-hydrogen) atoms. The zero-order chi connectivity index (χ0) is 19.1. The SMILES string of the molecule is CCN1CCN(CC(C)CNC(=NC)N2CCC(N3CCOCC3)C2)CC1.I. The monoisotopic (exact) mass is 508 g/mol. The summed E-state index contributed by atoms with van der Waals surface area (Å²) in [5.41, 5.74) is 0. The zero-order valence-corrected chi connectivity index (χ0v) is 20.4. The van der Waals surface area contributed by atoms with Gasteiger partial charge in [-0.15, -0.1) is 24.0 Å². The summed E-state index contributed by atoms with van der Waals surface area (Å²) in [5.74, 6) is 1.71. The largest absolute Gasteiger partial charge is 0.379 e. The van der Waals surface area contributed by atoms with E-state index in [1.54, 1.807) is 0 Å². The number of ether oxygens (including phenoxy) is 1. The molecule has 0 aromatic rings. The van der Waals surface area contributed by atoms with Gasteiger partial charge in [-0.25, -0.2) is 0 Å². The third kappa shape index (κ3) is 6.97. The van der Waals surface area contributed by atoms with E-state index in [-0.39, 0.29) is 24.0 Å². The van der Waals surface area contributed by atoms with Gasteiger partial charge in [0.2, 0.25) is 0 Å². The number of nitrogens with one attached hydrogen (secondary N) is 1. The molecular weight excluding hydrogens is 467 g/mol. The van der Waals surface area contributed by atoms with Gasteiger partial charge in [0.15, 0.2) is 5.96 Å². The quantitative estimate of drug-likeness (QED) is 0.327. The predicted molar refractivity (Wildman–Crippen MR) is 127 cm³/mol. The number of hydrogen-bond donors (Lipinski definition) is 1. The maximum Gasteiger partial charge on any atom is 0.193 e. The molecule has 2 unspecified atom stereocenters. The summed E-state index contributed by atoms with van der Waals surface area (Å²) in [5, 5.41) is 3.64. The Hall–Kier alpha value is -0.160. The Bertz CT molecular complexity index is 466. The Morgan fingerprint density at radius 3 is 2.39 bits per heavy atom. The minimum Gasteiger partial charge on any atom is -0.379 e. The van der Waals surface area contributed by atoms with E-state index in [4.69, 9.17) is 4.74 Å². The Morgan fingerprint density at radius 1 is 1.07 bits per heavy atom. The summed E-state index contributed by atoms with van der Waals surface area (Å²) in [4.78, 5) is 14.7. The van der Waals surface area contributed by atoms with E-state index in [1.165, 1.54) is 45.7 Å². The number of guanidine groups is 1. The number of likely N-dealkylation sites (N-methyl/N-ethyl adjacent to an activating group) is 1. The highest BCUT2D eigenvalue weighted by atomic mass is 127. The van der Waals surface area contributed by atoms with Crippen LogP contribution in [-0.2, 0) is 4.74 Å². The number of rotatable bonds is 6. The number of aliphatic imine (C=N–C) groups is 1. The molecule has 8 heteroatoms. The van der Waals surface area contributed by atoms with E-state index >= 15 is 0 Å². The maximum absolute atomic E-state index is 5.50. The van der Waals surface area contributed by atoms with Crippen molar-refractivity contribution in [2.75, 3.05) is 92.3 Å².